The van der Waals surface area contributed by atoms with Crippen molar-refractivity contribution < 1.29 is 9.84 Å². The maximum Gasteiger partial charge on any atom is 0.154 e. The first-order chi connectivity index (χ1) is 10.3. The molecular formula is C16H15N3O2. The van der Waals surface area contributed by atoms with E-state index in [1.165, 1.54) is 0 Å². The van der Waals surface area contributed by atoms with E-state index in [-0.39, 0.29) is 12.2 Å². The van der Waals surface area contributed by atoms with Crippen molar-refractivity contribution in [2.75, 3.05) is 6.61 Å². The third-order valence-electron chi connectivity index (χ3n) is 3.86. The van der Waals surface area contributed by atoms with E-state index < -0.39 is 0 Å². The van der Waals surface area contributed by atoms with Gasteiger partial charge in [0.05, 0.1) is 12.8 Å². The van der Waals surface area contributed by atoms with Crippen molar-refractivity contribution in [3.8, 4) is 16.9 Å². The maximum absolute atomic E-state index is 9.29. The van der Waals surface area contributed by atoms with Crippen LogP contribution in [0.3, 0.4) is 0 Å². The first-order valence-electron chi connectivity index (χ1n) is 6.98. The van der Waals surface area contributed by atoms with Gasteiger partial charge in [-0.3, -0.25) is 0 Å². The molecule has 106 valence electrons. The van der Waals surface area contributed by atoms with E-state index in [0.717, 1.165) is 35.4 Å². The minimum atomic E-state index is -0.336. The molecule has 2 heterocycles. The van der Waals surface area contributed by atoms with Crippen molar-refractivity contribution in [3.05, 3.63) is 48.9 Å². The summed E-state index contributed by atoms with van der Waals surface area (Å²) >= 11 is 0. The summed E-state index contributed by atoms with van der Waals surface area (Å²) in [5, 5.41) is 13.5. The smallest absolute Gasteiger partial charge is 0.154 e. The molecule has 1 aliphatic carbocycles. The highest BCUT2D eigenvalue weighted by Gasteiger charge is 2.44. The fourth-order valence-electron chi connectivity index (χ4n) is 2.36. The van der Waals surface area contributed by atoms with E-state index in [1.54, 1.807) is 10.7 Å². The van der Waals surface area contributed by atoms with Gasteiger partial charge < -0.3 is 9.84 Å². The van der Waals surface area contributed by atoms with Gasteiger partial charge in [0.25, 0.3) is 0 Å². The number of benzene rings is 1. The Kier molecular flexibility index (Phi) is 2.68. The SMILES string of the molecule is OCC1(Oc2ccc(-c3cnc4ccnn4c3)cc2)CC1. The molecule has 0 aliphatic heterocycles. The fraction of sp³-hybridized carbons (Fsp3) is 0.250. The lowest BCUT2D eigenvalue weighted by Gasteiger charge is -2.15. The second kappa shape index (κ2) is 4.56. The molecule has 1 fully saturated rings. The van der Waals surface area contributed by atoms with Crippen LogP contribution in [0.1, 0.15) is 12.8 Å². The Morgan fingerprint density at radius 2 is 1.95 bits per heavy atom. The van der Waals surface area contributed by atoms with Crippen molar-refractivity contribution in [1.29, 1.82) is 0 Å². The molecule has 1 saturated carbocycles. The predicted molar refractivity (Wildman–Crippen MR) is 78.1 cm³/mol. The Morgan fingerprint density at radius 3 is 2.67 bits per heavy atom. The quantitative estimate of drug-likeness (QED) is 0.797. The molecule has 0 atom stereocenters. The van der Waals surface area contributed by atoms with E-state index in [4.69, 9.17) is 4.74 Å². The molecule has 0 saturated heterocycles. The molecule has 0 radical (unpaired) electrons. The van der Waals surface area contributed by atoms with Crippen LogP contribution in [-0.4, -0.2) is 31.9 Å². The van der Waals surface area contributed by atoms with Crippen LogP contribution in [-0.2, 0) is 0 Å². The second-order valence-corrected chi connectivity index (χ2v) is 5.44. The summed E-state index contributed by atoms with van der Waals surface area (Å²) in [5.41, 5.74) is 2.55. The number of aliphatic hydroxyl groups excluding tert-OH is 1. The van der Waals surface area contributed by atoms with Gasteiger partial charge in [0.2, 0.25) is 0 Å². The van der Waals surface area contributed by atoms with E-state index >= 15 is 0 Å². The van der Waals surface area contributed by atoms with Gasteiger partial charge in [0.1, 0.15) is 11.4 Å². The summed E-state index contributed by atoms with van der Waals surface area (Å²) in [6.07, 6.45) is 7.36. The molecule has 3 aromatic rings. The van der Waals surface area contributed by atoms with Crippen molar-refractivity contribution >= 4 is 5.65 Å². The molecule has 0 amide bonds. The van der Waals surface area contributed by atoms with Crippen LogP contribution in [0.15, 0.2) is 48.9 Å². The van der Waals surface area contributed by atoms with Gasteiger partial charge in [-0.25, -0.2) is 9.50 Å². The van der Waals surface area contributed by atoms with Crippen molar-refractivity contribution in [2.45, 2.75) is 18.4 Å². The topological polar surface area (TPSA) is 59.7 Å². The Hall–Kier alpha value is -2.40. The number of fused-ring (bicyclic) bond motifs is 1. The standard InChI is InChI=1S/C16H15N3O2/c20-11-16(6-7-16)21-14-3-1-12(2-4-14)13-9-17-15-5-8-18-19(15)10-13/h1-5,8-10,20H,6-7,11H2. The Morgan fingerprint density at radius 1 is 1.14 bits per heavy atom. The van der Waals surface area contributed by atoms with Gasteiger partial charge in [0, 0.05) is 24.0 Å². The van der Waals surface area contributed by atoms with Crippen LogP contribution in [0.25, 0.3) is 16.8 Å². The summed E-state index contributed by atoms with van der Waals surface area (Å²) in [4.78, 5) is 4.36. The maximum atomic E-state index is 9.29. The van der Waals surface area contributed by atoms with Gasteiger partial charge in [-0.1, -0.05) is 12.1 Å². The summed E-state index contributed by atoms with van der Waals surface area (Å²) in [6, 6.07) is 9.71. The monoisotopic (exact) mass is 281 g/mol. The largest absolute Gasteiger partial charge is 0.485 e. The number of hydrogen-bond acceptors (Lipinski definition) is 4. The number of ether oxygens (including phenoxy) is 1. The molecule has 5 nitrogen and oxygen atoms in total. The molecule has 0 bridgehead atoms. The molecule has 4 rings (SSSR count). The fourth-order valence-corrected chi connectivity index (χ4v) is 2.36. The minimum Gasteiger partial charge on any atom is -0.485 e. The minimum absolute atomic E-state index is 0.0780. The third-order valence-corrected chi connectivity index (χ3v) is 3.86. The van der Waals surface area contributed by atoms with Crippen LogP contribution < -0.4 is 4.74 Å². The lowest BCUT2D eigenvalue weighted by Crippen LogP contribution is -2.22. The molecule has 0 unspecified atom stereocenters. The zero-order valence-corrected chi connectivity index (χ0v) is 11.4. The molecule has 5 heteroatoms. The normalized spacial score (nSPS) is 16.0. The first kappa shape index (κ1) is 12.3. The van der Waals surface area contributed by atoms with E-state index in [2.05, 4.69) is 10.1 Å². The summed E-state index contributed by atoms with van der Waals surface area (Å²) < 4.78 is 7.58. The highest BCUT2D eigenvalue weighted by Crippen LogP contribution is 2.39. The molecule has 1 aliphatic rings. The average molecular weight is 281 g/mol. The van der Waals surface area contributed by atoms with E-state index in [9.17, 15) is 5.11 Å². The summed E-state index contributed by atoms with van der Waals surface area (Å²) in [5.74, 6) is 0.790. The molecule has 1 aromatic carbocycles. The molecule has 2 aromatic heterocycles. The van der Waals surface area contributed by atoms with Crippen LogP contribution in [0.5, 0.6) is 5.75 Å². The van der Waals surface area contributed by atoms with Gasteiger partial charge in [-0.2, -0.15) is 5.10 Å². The second-order valence-electron chi connectivity index (χ2n) is 5.44. The Labute approximate surface area is 121 Å². The van der Waals surface area contributed by atoms with Gasteiger partial charge in [0.15, 0.2) is 5.65 Å². The highest BCUT2D eigenvalue weighted by molar-refractivity contribution is 5.63. The predicted octanol–water partition coefficient (Wildman–Crippen LogP) is 2.30. The number of nitrogens with zero attached hydrogens (tertiary/aromatic N) is 3. The molecule has 1 N–H and O–H groups in total. The third kappa shape index (κ3) is 2.25. The van der Waals surface area contributed by atoms with Gasteiger partial charge in [-0.05, 0) is 30.5 Å². The van der Waals surface area contributed by atoms with Crippen molar-refractivity contribution in [1.82, 2.24) is 14.6 Å². The molecular weight excluding hydrogens is 266 g/mol. The number of aromatic nitrogens is 3. The zero-order chi connectivity index (χ0) is 14.3. The van der Waals surface area contributed by atoms with Crippen LogP contribution in [0.4, 0.5) is 0 Å². The van der Waals surface area contributed by atoms with Gasteiger partial charge >= 0.3 is 0 Å². The summed E-state index contributed by atoms with van der Waals surface area (Å²) in [7, 11) is 0. The lowest BCUT2D eigenvalue weighted by molar-refractivity contribution is 0.0954. The number of hydrogen-bond donors (Lipinski definition) is 1. The Balaban J connectivity index is 1.60. The van der Waals surface area contributed by atoms with Crippen LogP contribution in [0.2, 0.25) is 0 Å². The first-order valence-corrected chi connectivity index (χ1v) is 6.98. The Bertz CT molecular complexity index is 776. The van der Waals surface area contributed by atoms with Gasteiger partial charge in [-0.15, -0.1) is 0 Å². The van der Waals surface area contributed by atoms with E-state index in [1.807, 2.05) is 42.7 Å². The molecule has 0 spiro atoms. The summed E-state index contributed by atoms with van der Waals surface area (Å²) in [6.45, 7) is 0.0780. The molecule has 21 heavy (non-hydrogen) atoms. The number of aliphatic hydroxyl groups is 1. The van der Waals surface area contributed by atoms with Crippen LogP contribution in [0, 0.1) is 0 Å². The lowest BCUT2D eigenvalue weighted by atomic mass is 10.1. The van der Waals surface area contributed by atoms with E-state index in [0.29, 0.717) is 0 Å². The zero-order valence-electron chi connectivity index (χ0n) is 11.4. The highest BCUT2D eigenvalue weighted by atomic mass is 16.5. The van der Waals surface area contributed by atoms with Crippen LogP contribution >= 0.6 is 0 Å². The van der Waals surface area contributed by atoms with Crippen molar-refractivity contribution in [2.24, 2.45) is 0 Å². The average Bonchev–Trinajstić information content (AvgIpc) is 3.14. The van der Waals surface area contributed by atoms with Crippen molar-refractivity contribution in [3.63, 3.8) is 0 Å². The number of rotatable bonds is 4.